The number of hydrogen-bond donors (Lipinski definition) is 1. The number of fused-ring (bicyclic) bond motifs is 1. The molecule has 2 atom stereocenters. The summed E-state index contributed by atoms with van der Waals surface area (Å²) >= 11 is 0. The van der Waals surface area contributed by atoms with Gasteiger partial charge in [0.1, 0.15) is 5.75 Å². The first-order valence-electron chi connectivity index (χ1n) is 7.95. The van der Waals surface area contributed by atoms with Gasteiger partial charge in [-0.15, -0.1) is 0 Å². The van der Waals surface area contributed by atoms with Gasteiger partial charge in [-0.3, -0.25) is 0 Å². The molecule has 1 aromatic rings. The highest BCUT2D eigenvalue weighted by Gasteiger charge is 2.28. The van der Waals surface area contributed by atoms with E-state index in [-0.39, 0.29) is 6.10 Å². The molecule has 1 N–H and O–H groups in total. The van der Waals surface area contributed by atoms with Gasteiger partial charge >= 0.3 is 0 Å². The second-order valence-corrected chi connectivity index (χ2v) is 5.86. The molecular formula is C17H25NO3. The zero-order valence-electron chi connectivity index (χ0n) is 12.8. The van der Waals surface area contributed by atoms with Crippen LogP contribution < -0.4 is 10.1 Å². The minimum Gasteiger partial charge on any atom is -0.493 e. The maximum Gasteiger partial charge on any atom is 0.122 e. The Balaban J connectivity index is 1.66. The van der Waals surface area contributed by atoms with Crippen LogP contribution in [0.5, 0.6) is 5.75 Å². The predicted octanol–water partition coefficient (Wildman–Crippen LogP) is 2.33. The largest absolute Gasteiger partial charge is 0.493 e. The molecule has 21 heavy (non-hydrogen) atoms. The molecule has 1 fully saturated rings. The van der Waals surface area contributed by atoms with Crippen LogP contribution in [0, 0.1) is 5.92 Å². The minimum absolute atomic E-state index is 0.208. The molecule has 4 nitrogen and oxygen atoms in total. The summed E-state index contributed by atoms with van der Waals surface area (Å²) in [6, 6.07) is 6.55. The zero-order chi connectivity index (χ0) is 14.5. The van der Waals surface area contributed by atoms with Gasteiger partial charge in [0.2, 0.25) is 0 Å². The van der Waals surface area contributed by atoms with E-state index in [0.717, 1.165) is 51.5 Å². The van der Waals surface area contributed by atoms with Gasteiger partial charge in [0.15, 0.2) is 0 Å². The maximum absolute atomic E-state index is 6.08. The van der Waals surface area contributed by atoms with Gasteiger partial charge in [0, 0.05) is 39.1 Å². The predicted molar refractivity (Wildman–Crippen MR) is 81.8 cm³/mol. The zero-order valence-corrected chi connectivity index (χ0v) is 12.8. The second kappa shape index (κ2) is 7.25. The molecular weight excluding hydrogens is 266 g/mol. The van der Waals surface area contributed by atoms with E-state index in [9.17, 15) is 0 Å². The lowest BCUT2D eigenvalue weighted by molar-refractivity contribution is -0.0280. The van der Waals surface area contributed by atoms with Crippen LogP contribution in [0.1, 0.15) is 30.1 Å². The SMILES string of the molecule is COCCNCC1CCCOC1c1ccc2c(c1)CCO2. The highest BCUT2D eigenvalue weighted by atomic mass is 16.5. The summed E-state index contributed by atoms with van der Waals surface area (Å²) < 4.78 is 16.8. The van der Waals surface area contributed by atoms with Crippen molar-refractivity contribution in [3.63, 3.8) is 0 Å². The van der Waals surface area contributed by atoms with Crippen LogP contribution in [0.15, 0.2) is 18.2 Å². The van der Waals surface area contributed by atoms with Crippen LogP contribution in [-0.4, -0.2) is 40.0 Å². The molecule has 0 aromatic heterocycles. The molecule has 116 valence electrons. The Morgan fingerprint density at radius 1 is 1.33 bits per heavy atom. The summed E-state index contributed by atoms with van der Waals surface area (Å²) in [4.78, 5) is 0. The lowest BCUT2D eigenvalue weighted by Gasteiger charge is -2.32. The average Bonchev–Trinajstić information content (AvgIpc) is 2.99. The van der Waals surface area contributed by atoms with E-state index in [1.165, 1.54) is 17.5 Å². The highest BCUT2D eigenvalue weighted by Crippen LogP contribution is 2.36. The van der Waals surface area contributed by atoms with Gasteiger partial charge in [0.25, 0.3) is 0 Å². The van der Waals surface area contributed by atoms with Crippen LogP contribution in [0.2, 0.25) is 0 Å². The van der Waals surface area contributed by atoms with Crippen molar-refractivity contribution in [1.82, 2.24) is 5.32 Å². The van der Waals surface area contributed by atoms with Crippen molar-refractivity contribution in [3.8, 4) is 5.75 Å². The maximum atomic E-state index is 6.08. The summed E-state index contributed by atoms with van der Waals surface area (Å²) in [7, 11) is 1.74. The number of nitrogens with one attached hydrogen (secondary N) is 1. The van der Waals surface area contributed by atoms with Gasteiger partial charge in [-0.05, 0) is 36.1 Å². The van der Waals surface area contributed by atoms with Gasteiger partial charge in [-0.2, -0.15) is 0 Å². The first-order valence-corrected chi connectivity index (χ1v) is 7.95. The summed E-state index contributed by atoms with van der Waals surface area (Å²) in [6.45, 7) is 4.33. The average molecular weight is 291 g/mol. The first kappa shape index (κ1) is 14.8. The number of hydrogen-bond acceptors (Lipinski definition) is 4. The van der Waals surface area contributed by atoms with Crippen LogP contribution in [0.4, 0.5) is 0 Å². The van der Waals surface area contributed by atoms with Crippen molar-refractivity contribution in [2.45, 2.75) is 25.4 Å². The summed E-state index contributed by atoms with van der Waals surface area (Å²) in [5.74, 6) is 1.58. The Kier molecular flexibility index (Phi) is 5.12. The number of rotatable bonds is 6. The molecule has 1 saturated heterocycles. The molecule has 2 unspecified atom stereocenters. The number of methoxy groups -OCH3 is 1. The molecule has 4 heteroatoms. The van der Waals surface area contributed by atoms with Crippen LogP contribution >= 0.6 is 0 Å². The van der Waals surface area contributed by atoms with Crippen molar-refractivity contribution >= 4 is 0 Å². The Morgan fingerprint density at radius 3 is 3.19 bits per heavy atom. The van der Waals surface area contributed by atoms with E-state index in [0.29, 0.717) is 5.92 Å². The van der Waals surface area contributed by atoms with Gasteiger partial charge in [-0.25, -0.2) is 0 Å². The third kappa shape index (κ3) is 3.57. The fourth-order valence-electron chi connectivity index (χ4n) is 3.27. The third-order valence-electron chi connectivity index (χ3n) is 4.38. The first-order chi connectivity index (χ1) is 10.4. The van der Waals surface area contributed by atoms with E-state index in [2.05, 4.69) is 23.5 Å². The van der Waals surface area contributed by atoms with Gasteiger partial charge in [-0.1, -0.05) is 6.07 Å². The molecule has 0 spiro atoms. The standard InChI is InChI=1S/C17H25NO3/c1-19-10-7-18-12-15-3-2-8-21-17(15)14-4-5-16-13(11-14)6-9-20-16/h4-5,11,15,17-18H,2-3,6-10,12H2,1H3. The third-order valence-corrected chi connectivity index (χ3v) is 4.38. The van der Waals surface area contributed by atoms with E-state index in [1.54, 1.807) is 7.11 Å². The summed E-state index contributed by atoms with van der Waals surface area (Å²) in [6.07, 6.45) is 3.60. The molecule has 0 bridgehead atoms. The van der Waals surface area contributed by atoms with Crippen molar-refractivity contribution in [2.75, 3.05) is 40.0 Å². The molecule has 2 heterocycles. The topological polar surface area (TPSA) is 39.7 Å². The van der Waals surface area contributed by atoms with E-state index in [4.69, 9.17) is 14.2 Å². The Hall–Kier alpha value is -1.10. The Bertz CT molecular complexity index is 463. The lowest BCUT2D eigenvalue weighted by Crippen LogP contribution is -2.33. The highest BCUT2D eigenvalue weighted by molar-refractivity contribution is 5.40. The van der Waals surface area contributed by atoms with Crippen molar-refractivity contribution in [2.24, 2.45) is 5.92 Å². The smallest absolute Gasteiger partial charge is 0.122 e. The molecule has 3 rings (SSSR count). The Morgan fingerprint density at radius 2 is 2.29 bits per heavy atom. The van der Waals surface area contributed by atoms with E-state index < -0.39 is 0 Å². The lowest BCUT2D eigenvalue weighted by atomic mass is 9.88. The minimum atomic E-state index is 0.208. The molecule has 0 saturated carbocycles. The van der Waals surface area contributed by atoms with Gasteiger partial charge in [0.05, 0.1) is 19.3 Å². The van der Waals surface area contributed by atoms with Crippen molar-refractivity contribution in [1.29, 1.82) is 0 Å². The molecule has 1 aromatic carbocycles. The number of ether oxygens (including phenoxy) is 3. The van der Waals surface area contributed by atoms with Crippen LogP contribution in [-0.2, 0) is 15.9 Å². The second-order valence-electron chi connectivity index (χ2n) is 5.86. The molecule has 0 radical (unpaired) electrons. The Labute approximate surface area is 126 Å². The van der Waals surface area contributed by atoms with Crippen LogP contribution in [0.3, 0.4) is 0 Å². The monoisotopic (exact) mass is 291 g/mol. The summed E-state index contributed by atoms with van der Waals surface area (Å²) in [5.41, 5.74) is 2.63. The quantitative estimate of drug-likeness (QED) is 0.817. The summed E-state index contributed by atoms with van der Waals surface area (Å²) in [5, 5.41) is 3.48. The van der Waals surface area contributed by atoms with E-state index >= 15 is 0 Å². The van der Waals surface area contributed by atoms with Crippen molar-refractivity contribution in [3.05, 3.63) is 29.3 Å². The van der Waals surface area contributed by atoms with E-state index in [1.807, 2.05) is 0 Å². The molecule has 2 aliphatic heterocycles. The van der Waals surface area contributed by atoms with Crippen molar-refractivity contribution < 1.29 is 14.2 Å². The van der Waals surface area contributed by atoms with Gasteiger partial charge < -0.3 is 19.5 Å². The fraction of sp³-hybridized carbons (Fsp3) is 0.647. The fourth-order valence-corrected chi connectivity index (χ4v) is 3.27. The number of benzene rings is 1. The molecule has 0 aliphatic carbocycles. The normalized spacial score (nSPS) is 24.6. The molecule has 2 aliphatic rings. The molecule has 0 amide bonds. The van der Waals surface area contributed by atoms with Crippen LogP contribution in [0.25, 0.3) is 0 Å².